The Hall–Kier alpha value is -2.01. The maximum atomic E-state index is 12.9. The van der Waals surface area contributed by atoms with Crippen molar-refractivity contribution >= 4 is 28.5 Å². The molecule has 19 heavy (non-hydrogen) atoms. The van der Waals surface area contributed by atoms with Crippen molar-refractivity contribution in [1.82, 2.24) is 4.98 Å². The summed E-state index contributed by atoms with van der Waals surface area (Å²) in [5, 5.41) is 3.25. The molecule has 0 aliphatic rings. The summed E-state index contributed by atoms with van der Waals surface area (Å²) in [5.74, 6) is -0.605. The number of thiazole rings is 1. The van der Waals surface area contributed by atoms with Crippen molar-refractivity contribution in [3.05, 3.63) is 52.3 Å². The smallest absolute Gasteiger partial charge is 0.250 e. The minimum Gasteiger partial charge on any atom is -0.298 e. The summed E-state index contributed by atoms with van der Waals surface area (Å²) in [6.45, 7) is 3.84. The van der Waals surface area contributed by atoms with Crippen LogP contribution in [0.5, 0.6) is 0 Å². The van der Waals surface area contributed by atoms with Crippen molar-refractivity contribution in [2.24, 2.45) is 0 Å². The van der Waals surface area contributed by atoms with Gasteiger partial charge in [0, 0.05) is 11.0 Å². The number of nitrogens with one attached hydrogen (secondary N) is 1. The molecule has 0 spiro atoms. The highest BCUT2D eigenvalue weighted by Crippen LogP contribution is 2.20. The van der Waals surface area contributed by atoms with Crippen molar-refractivity contribution in [3.8, 4) is 0 Å². The van der Waals surface area contributed by atoms with Crippen molar-refractivity contribution in [2.45, 2.75) is 13.8 Å². The number of rotatable bonds is 3. The molecule has 0 unspecified atom stereocenters. The maximum absolute atomic E-state index is 12.9. The molecular formula is C14H13FN2OS. The SMILES string of the molecule is Cc1nc(NC(=O)/C=C/c2cccc(F)c2)sc1C. The molecule has 0 radical (unpaired) electrons. The number of carbonyl (C=O) groups excluding carboxylic acids is 1. The fourth-order valence-electron chi connectivity index (χ4n) is 1.46. The molecule has 2 aromatic rings. The van der Waals surface area contributed by atoms with Gasteiger partial charge in [-0.25, -0.2) is 9.37 Å². The third kappa shape index (κ3) is 3.72. The largest absolute Gasteiger partial charge is 0.298 e. The van der Waals surface area contributed by atoms with Gasteiger partial charge >= 0.3 is 0 Å². The fourth-order valence-corrected chi connectivity index (χ4v) is 2.27. The van der Waals surface area contributed by atoms with Gasteiger partial charge in [-0.05, 0) is 37.6 Å². The number of carbonyl (C=O) groups is 1. The van der Waals surface area contributed by atoms with Gasteiger partial charge < -0.3 is 0 Å². The van der Waals surface area contributed by atoms with E-state index in [9.17, 15) is 9.18 Å². The molecule has 0 aliphatic heterocycles. The van der Waals surface area contributed by atoms with Gasteiger partial charge in [-0.15, -0.1) is 11.3 Å². The van der Waals surface area contributed by atoms with E-state index in [1.807, 2.05) is 13.8 Å². The molecule has 0 saturated heterocycles. The van der Waals surface area contributed by atoms with Gasteiger partial charge in [-0.1, -0.05) is 12.1 Å². The third-order valence-corrected chi connectivity index (χ3v) is 3.52. The first-order valence-electron chi connectivity index (χ1n) is 5.73. The number of hydrogen-bond donors (Lipinski definition) is 1. The minimum atomic E-state index is -0.325. The second kappa shape index (κ2) is 5.75. The molecule has 1 heterocycles. The van der Waals surface area contributed by atoms with E-state index < -0.39 is 0 Å². The summed E-state index contributed by atoms with van der Waals surface area (Å²) in [4.78, 5) is 17.0. The predicted molar refractivity (Wildman–Crippen MR) is 75.7 cm³/mol. The molecule has 1 N–H and O–H groups in total. The summed E-state index contributed by atoms with van der Waals surface area (Å²) in [5.41, 5.74) is 1.55. The second-order valence-electron chi connectivity index (χ2n) is 4.04. The van der Waals surface area contributed by atoms with Crippen LogP contribution < -0.4 is 5.32 Å². The zero-order valence-corrected chi connectivity index (χ0v) is 11.4. The molecule has 1 aromatic carbocycles. The Bertz CT molecular complexity index is 615. The van der Waals surface area contributed by atoms with Crippen LogP contribution in [0.4, 0.5) is 9.52 Å². The summed E-state index contributed by atoms with van der Waals surface area (Å²) in [6.07, 6.45) is 2.92. The molecule has 5 heteroatoms. The van der Waals surface area contributed by atoms with Gasteiger partial charge in [0.05, 0.1) is 5.69 Å². The Morgan fingerprint density at radius 3 is 2.84 bits per heavy atom. The van der Waals surface area contributed by atoms with E-state index in [0.29, 0.717) is 10.7 Å². The first-order valence-corrected chi connectivity index (χ1v) is 6.55. The second-order valence-corrected chi connectivity index (χ2v) is 5.24. The van der Waals surface area contributed by atoms with Crippen LogP contribution in [-0.4, -0.2) is 10.9 Å². The summed E-state index contributed by atoms with van der Waals surface area (Å²) < 4.78 is 12.9. The Labute approximate surface area is 114 Å². The first-order chi connectivity index (χ1) is 9.04. The van der Waals surface area contributed by atoms with Gasteiger partial charge in [0.1, 0.15) is 5.82 Å². The van der Waals surface area contributed by atoms with E-state index in [4.69, 9.17) is 0 Å². The van der Waals surface area contributed by atoms with Crippen LogP contribution >= 0.6 is 11.3 Å². The van der Waals surface area contributed by atoms with Crippen molar-refractivity contribution in [2.75, 3.05) is 5.32 Å². The molecule has 1 aromatic heterocycles. The number of anilines is 1. The molecule has 3 nitrogen and oxygen atoms in total. The molecule has 0 atom stereocenters. The lowest BCUT2D eigenvalue weighted by molar-refractivity contribution is -0.111. The zero-order chi connectivity index (χ0) is 13.8. The van der Waals surface area contributed by atoms with Crippen LogP contribution in [0.25, 0.3) is 6.08 Å². The Balaban J connectivity index is 2.01. The zero-order valence-electron chi connectivity index (χ0n) is 10.6. The Morgan fingerprint density at radius 2 is 2.21 bits per heavy atom. The van der Waals surface area contributed by atoms with Gasteiger partial charge in [-0.2, -0.15) is 0 Å². The highest BCUT2D eigenvalue weighted by Gasteiger charge is 2.05. The number of aromatic nitrogens is 1. The van der Waals surface area contributed by atoms with Gasteiger partial charge in [-0.3, -0.25) is 10.1 Å². The topological polar surface area (TPSA) is 42.0 Å². The van der Waals surface area contributed by atoms with E-state index in [1.54, 1.807) is 18.2 Å². The van der Waals surface area contributed by atoms with Gasteiger partial charge in [0.2, 0.25) is 5.91 Å². The summed E-state index contributed by atoms with van der Waals surface area (Å²) in [6, 6.07) is 6.05. The van der Waals surface area contributed by atoms with Crippen LogP contribution in [0.1, 0.15) is 16.1 Å². The van der Waals surface area contributed by atoms with Crippen LogP contribution in [0.2, 0.25) is 0 Å². The molecule has 0 bridgehead atoms. The Morgan fingerprint density at radius 1 is 1.42 bits per heavy atom. The predicted octanol–water partition coefficient (Wildman–Crippen LogP) is 3.55. The van der Waals surface area contributed by atoms with E-state index in [2.05, 4.69) is 10.3 Å². The summed E-state index contributed by atoms with van der Waals surface area (Å²) in [7, 11) is 0. The Kier molecular flexibility index (Phi) is 4.06. The number of benzene rings is 1. The number of aryl methyl sites for hydroxylation is 2. The number of halogens is 1. The third-order valence-electron chi connectivity index (χ3n) is 2.53. The molecule has 1 amide bonds. The van der Waals surface area contributed by atoms with Crippen molar-refractivity contribution in [3.63, 3.8) is 0 Å². The summed E-state index contributed by atoms with van der Waals surface area (Å²) >= 11 is 1.43. The standard InChI is InChI=1S/C14H13FN2OS/c1-9-10(2)19-14(16-9)17-13(18)7-6-11-4-3-5-12(15)8-11/h3-8H,1-2H3,(H,16,17,18)/b7-6+. The normalized spacial score (nSPS) is 10.9. The quantitative estimate of drug-likeness (QED) is 0.871. The van der Waals surface area contributed by atoms with Gasteiger partial charge in [0.15, 0.2) is 5.13 Å². The minimum absolute atomic E-state index is 0.280. The average Bonchev–Trinajstić information content (AvgIpc) is 2.66. The number of amides is 1. The average molecular weight is 276 g/mol. The molecular weight excluding hydrogens is 263 g/mol. The van der Waals surface area contributed by atoms with Gasteiger partial charge in [0.25, 0.3) is 0 Å². The highest BCUT2D eigenvalue weighted by molar-refractivity contribution is 7.15. The lowest BCUT2D eigenvalue weighted by Crippen LogP contribution is -2.07. The van der Waals surface area contributed by atoms with Crippen molar-refractivity contribution < 1.29 is 9.18 Å². The molecule has 0 fully saturated rings. The van der Waals surface area contributed by atoms with Crippen LogP contribution in [0, 0.1) is 19.7 Å². The highest BCUT2D eigenvalue weighted by atomic mass is 32.1. The number of nitrogens with zero attached hydrogens (tertiary/aromatic N) is 1. The van der Waals surface area contributed by atoms with Crippen LogP contribution in [0.3, 0.4) is 0 Å². The van der Waals surface area contributed by atoms with E-state index >= 15 is 0 Å². The van der Waals surface area contributed by atoms with E-state index in [-0.39, 0.29) is 11.7 Å². The van der Waals surface area contributed by atoms with Crippen LogP contribution in [0.15, 0.2) is 30.3 Å². The molecule has 0 aliphatic carbocycles. The van der Waals surface area contributed by atoms with Crippen molar-refractivity contribution in [1.29, 1.82) is 0 Å². The number of hydrogen-bond acceptors (Lipinski definition) is 3. The van der Waals surface area contributed by atoms with E-state index in [1.165, 1.54) is 29.5 Å². The maximum Gasteiger partial charge on any atom is 0.250 e. The lowest BCUT2D eigenvalue weighted by atomic mass is 10.2. The lowest BCUT2D eigenvalue weighted by Gasteiger charge is -1.96. The molecule has 2 rings (SSSR count). The molecule has 98 valence electrons. The van der Waals surface area contributed by atoms with Crippen LogP contribution in [-0.2, 0) is 4.79 Å². The molecule has 0 saturated carbocycles. The van der Waals surface area contributed by atoms with E-state index in [0.717, 1.165) is 10.6 Å². The monoisotopic (exact) mass is 276 g/mol. The fraction of sp³-hybridized carbons (Fsp3) is 0.143. The first kappa shape index (κ1) is 13.4.